The molecule has 146 valence electrons. The number of hydrogen-bond acceptors (Lipinski definition) is 6. The summed E-state index contributed by atoms with van der Waals surface area (Å²) in [5.41, 5.74) is 2.78. The minimum absolute atomic E-state index is 0.203. The van der Waals surface area contributed by atoms with Crippen molar-refractivity contribution in [2.24, 2.45) is 0 Å². The second kappa shape index (κ2) is 8.52. The number of benzene rings is 1. The van der Waals surface area contributed by atoms with E-state index in [-0.39, 0.29) is 11.8 Å². The van der Waals surface area contributed by atoms with E-state index in [2.05, 4.69) is 25.5 Å². The first-order valence-electron chi connectivity index (χ1n) is 9.16. The van der Waals surface area contributed by atoms with E-state index < -0.39 is 0 Å². The van der Waals surface area contributed by atoms with E-state index in [1.165, 1.54) is 11.8 Å². The fraction of sp³-hybridized carbons (Fsp3) is 0.350. The second-order valence-corrected chi connectivity index (χ2v) is 7.48. The van der Waals surface area contributed by atoms with Crippen molar-refractivity contribution in [2.45, 2.75) is 45.2 Å². The summed E-state index contributed by atoms with van der Waals surface area (Å²) in [4.78, 5) is 22.1. The number of aromatic nitrogens is 5. The summed E-state index contributed by atoms with van der Waals surface area (Å²) >= 11 is 1.45. The summed E-state index contributed by atoms with van der Waals surface area (Å²) in [5, 5.41) is 11.8. The molecule has 0 aliphatic rings. The number of amides is 1. The number of thioether (sulfide) groups is 1. The van der Waals surface area contributed by atoms with E-state index in [0.717, 1.165) is 23.8 Å². The molecule has 0 fully saturated rings. The van der Waals surface area contributed by atoms with Crippen LogP contribution in [0.25, 0.3) is 11.4 Å². The highest BCUT2D eigenvalue weighted by atomic mass is 32.2. The summed E-state index contributed by atoms with van der Waals surface area (Å²) in [7, 11) is 0. The molecule has 7 nitrogen and oxygen atoms in total. The molecule has 0 bridgehead atoms. The molecule has 0 unspecified atom stereocenters. The fourth-order valence-electron chi connectivity index (χ4n) is 2.87. The van der Waals surface area contributed by atoms with Gasteiger partial charge in [-0.2, -0.15) is 0 Å². The number of carbonyl (C=O) groups excluding carboxylic acids is 1. The van der Waals surface area contributed by atoms with Gasteiger partial charge in [0.2, 0.25) is 0 Å². The summed E-state index contributed by atoms with van der Waals surface area (Å²) in [6, 6.07) is 7.59. The van der Waals surface area contributed by atoms with Gasteiger partial charge in [-0.15, -0.1) is 22.0 Å². The topological polar surface area (TPSA) is 85.6 Å². The van der Waals surface area contributed by atoms with Gasteiger partial charge in [0.1, 0.15) is 17.2 Å². The van der Waals surface area contributed by atoms with Crippen LogP contribution in [0.4, 0.5) is 5.69 Å². The van der Waals surface area contributed by atoms with Gasteiger partial charge in [-0.25, -0.2) is 9.97 Å². The normalized spacial score (nSPS) is 11.1. The number of hydrogen-bond donors (Lipinski definition) is 1. The molecule has 0 aliphatic carbocycles. The highest BCUT2D eigenvalue weighted by molar-refractivity contribution is 7.98. The van der Waals surface area contributed by atoms with Gasteiger partial charge in [0.15, 0.2) is 5.82 Å². The van der Waals surface area contributed by atoms with Gasteiger partial charge in [-0.3, -0.25) is 4.79 Å². The van der Waals surface area contributed by atoms with Crippen LogP contribution in [0.15, 0.2) is 35.6 Å². The largest absolute Gasteiger partial charge is 0.322 e. The average molecular weight is 397 g/mol. The van der Waals surface area contributed by atoms with Crippen LogP contribution in [-0.2, 0) is 6.54 Å². The van der Waals surface area contributed by atoms with Crippen LogP contribution in [0.2, 0.25) is 0 Å². The molecule has 1 N–H and O–H groups in total. The highest BCUT2D eigenvalue weighted by Gasteiger charge is 2.20. The Hall–Kier alpha value is -2.74. The van der Waals surface area contributed by atoms with Crippen molar-refractivity contribution < 1.29 is 4.79 Å². The molecule has 28 heavy (non-hydrogen) atoms. The highest BCUT2D eigenvalue weighted by Crippen LogP contribution is 2.25. The third kappa shape index (κ3) is 4.06. The molecule has 0 saturated heterocycles. The number of aryl methyl sites for hydroxylation is 2. The van der Waals surface area contributed by atoms with Crippen LogP contribution in [0.3, 0.4) is 0 Å². The maximum Gasteiger partial charge on any atom is 0.260 e. The van der Waals surface area contributed by atoms with Gasteiger partial charge in [0.05, 0.1) is 11.3 Å². The maximum atomic E-state index is 13.0. The molecule has 0 saturated carbocycles. The molecule has 0 radical (unpaired) electrons. The molecule has 3 rings (SSSR count). The van der Waals surface area contributed by atoms with Gasteiger partial charge in [0, 0.05) is 23.7 Å². The third-order valence-electron chi connectivity index (χ3n) is 4.35. The molecule has 0 aliphatic heterocycles. The molecule has 1 amide bonds. The van der Waals surface area contributed by atoms with Crippen LogP contribution in [0.1, 0.15) is 48.6 Å². The zero-order valence-corrected chi connectivity index (χ0v) is 17.5. The lowest BCUT2D eigenvalue weighted by Gasteiger charge is -2.14. The van der Waals surface area contributed by atoms with Crippen molar-refractivity contribution in [3.05, 3.63) is 47.7 Å². The van der Waals surface area contributed by atoms with Crippen LogP contribution in [-0.4, -0.2) is 36.9 Å². The van der Waals surface area contributed by atoms with Crippen LogP contribution in [0.5, 0.6) is 0 Å². The first kappa shape index (κ1) is 20.0. The molecule has 0 atom stereocenters. The van der Waals surface area contributed by atoms with Gasteiger partial charge >= 0.3 is 0 Å². The Morgan fingerprint density at radius 3 is 2.75 bits per heavy atom. The lowest BCUT2D eigenvalue weighted by Crippen LogP contribution is -2.18. The van der Waals surface area contributed by atoms with E-state index in [1.54, 1.807) is 6.33 Å². The Morgan fingerprint density at radius 1 is 1.29 bits per heavy atom. The minimum Gasteiger partial charge on any atom is -0.322 e. The molecule has 0 spiro atoms. The first-order chi connectivity index (χ1) is 13.4. The Labute approximate surface area is 169 Å². The van der Waals surface area contributed by atoms with Gasteiger partial charge < -0.3 is 9.88 Å². The quantitative estimate of drug-likeness (QED) is 0.497. The van der Waals surface area contributed by atoms with Gasteiger partial charge in [-0.1, -0.05) is 26.0 Å². The van der Waals surface area contributed by atoms with Crippen molar-refractivity contribution in [3.63, 3.8) is 0 Å². The number of rotatable bonds is 6. The Balaban J connectivity index is 1.91. The Bertz CT molecular complexity index is 998. The lowest BCUT2D eigenvalue weighted by molar-refractivity contribution is 0.102. The van der Waals surface area contributed by atoms with Crippen molar-refractivity contribution >= 4 is 23.4 Å². The first-order valence-corrected chi connectivity index (χ1v) is 10.4. The van der Waals surface area contributed by atoms with E-state index in [0.29, 0.717) is 22.0 Å². The summed E-state index contributed by atoms with van der Waals surface area (Å²) < 4.78 is 1.95. The van der Waals surface area contributed by atoms with Crippen molar-refractivity contribution in [2.75, 3.05) is 11.6 Å². The minimum atomic E-state index is -0.216. The molecular weight excluding hydrogens is 372 g/mol. The van der Waals surface area contributed by atoms with E-state index in [4.69, 9.17) is 0 Å². The fourth-order valence-corrected chi connectivity index (χ4v) is 3.50. The molecule has 3 aromatic rings. The van der Waals surface area contributed by atoms with Crippen LogP contribution in [0, 0.1) is 6.92 Å². The smallest absolute Gasteiger partial charge is 0.260 e. The van der Waals surface area contributed by atoms with Gasteiger partial charge in [-0.05, 0) is 32.2 Å². The van der Waals surface area contributed by atoms with Gasteiger partial charge in [0.25, 0.3) is 5.91 Å². The number of carbonyl (C=O) groups is 1. The standard InChI is InChI=1S/C20H24N6OS/c1-6-26-11-21-25-18(26)14-8-7-9-15(10-14)23-19(27)16-13(4)22-17(12(2)3)24-20(16)28-5/h7-12H,6H2,1-5H3,(H,23,27). The molecular formula is C20H24N6OS. The SMILES string of the molecule is CCn1cnnc1-c1cccc(NC(=O)c2c(C)nc(C(C)C)nc2SC)c1. The summed E-state index contributed by atoms with van der Waals surface area (Å²) in [5.74, 6) is 1.50. The van der Waals surface area contributed by atoms with Crippen molar-refractivity contribution in [1.29, 1.82) is 0 Å². The second-order valence-electron chi connectivity index (χ2n) is 6.68. The zero-order valence-electron chi connectivity index (χ0n) is 16.7. The van der Waals surface area contributed by atoms with Crippen molar-refractivity contribution in [1.82, 2.24) is 24.7 Å². The van der Waals surface area contributed by atoms with Crippen LogP contribution < -0.4 is 5.32 Å². The number of anilines is 1. The summed E-state index contributed by atoms with van der Waals surface area (Å²) in [6.45, 7) is 8.74. The molecule has 8 heteroatoms. The molecule has 2 aromatic heterocycles. The van der Waals surface area contributed by atoms with E-state index in [1.807, 2.05) is 62.8 Å². The predicted octanol–water partition coefficient (Wildman–Crippen LogP) is 4.16. The Kier molecular flexibility index (Phi) is 6.08. The van der Waals surface area contributed by atoms with Crippen LogP contribution >= 0.6 is 11.8 Å². The van der Waals surface area contributed by atoms with Crippen molar-refractivity contribution in [3.8, 4) is 11.4 Å². The Morgan fingerprint density at radius 2 is 2.07 bits per heavy atom. The van der Waals surface area contributed by atoms with E-state index in [9.17, 15) is 4.79 Å². The predicted molar refractivity (Wildman–Crippen MR) is 112 cm³/mol. The average Bonchev–Trinajstić information content (AvgIpc) is 3.16. The van der Waals surface area contributed by atoms with E-state index >= 15 is 0 Å². The monoisotopic (exact) mass is 396 g/mol. The number of nitrogens with one attached hydrogen (secondary N) is 1. The lowest BCUT2D eigenvalue weighted by atomic mass is 10.1. The maximum absolute atomic E-state index is 13.0. The molecule has 1 aromatic carbocycles. The zero-order chi connectivity index (χ0) is 20.3. The third-order valence-corrected chi connectivity index (χ3v) is 5.03. The molecule has 2 heterocycles. The number of nitrogens with zero attached hydrogens (tertiary/aromatic N) is 5. The summed E-state index contributed by atoms with van der Waals surface area (Å²) in [6.07, 6.45) is 3.61.